The number of H-pyrrole nitrogens is 1. The van der Waals surface area contributed by atoms with Crippen LogP contribution in [0.4, 0.5) is 0 Å². The van der Waals surface area contributed by atoms with Crippen molar-refractivity contribution < 1.29 is 19.2 Å². The molecule has 3 aliphatic rings. The van der Waals surface area contributed by atoms with Crippen molar-refractivity contribution in [2.45, 2.75) is 38.8 Å². The third kappa shape index (κ3) is 3.70. The van der Waals surface area contributed by atoms with Gasteiger partial charge in [-0.25, -0.2) is 0 Å². The number of likely N-dealkylation sites (tertiary alicyclic amines) is 1. The second-order valence-electron chi connectivity index (χ2n) is 10.0. The lowest BCUT2D eigenvalue weighted by atomic mass is 9.97. The quantitative estimate of drug-likeness (QED) is 0.561. The van der Waals surface area contributed by atoms with Crippen LogP contribution in [0.1, 0.15) is 37.2 Å². The minimum Gasteiger partial charge on any atom is -0.356 e. The topological polar surface area (TPSA) is 111 Å². The monoisotopic (exact) mass is 470 g/mol. The third-order valence-corrected chi connectivity index (χ3v) is 7.98. The van der Waals surface area contributed by atoms with Crippen LogP contribution in [0.15, 0.2) is 24.3 Å². The van der Waals surface area contributed by atoms with E-state index >= 15 is 0 Å². The number of fused-ring (bicyclic) bond motifs is 2. The molecule has 3 fully saturated rings. The molecule has 174 valence electrons. The van der Waals surface area contributed by atoms with Gasteiger partial charge in [-0.05, 0) is 48.3 Å². The number of rotatable bonds is 6. The van der Waals surface area contributed by atoms with E-state index in [1.54, 1.807) is 23.1 Å². The Morgan fingerprint density at radius 3 is 2.82 bits per heavy atom. The van der Waals surface area contributed by atoms with E-state index < -0.39 is 12.1 Å². The zero-order valence-electron chi connectivity index (χ0n) is 18.6. The number of piperidine rings is 1. The maximum atomic E-state index is 13.4. The molecule has 5 atom stereocenters. The van der Waals surface area contributed by atoms with Crippen LogP contribution in [0.3, 0.4) is 0 Å². The number of halogens is 1. The average Bonchev–Trinajstić information content (AvgIpc) is 3.28. The summed E-state index contributed by atoms with van der Waals surface area (Å²) < 4.78 is 0. The lowest BCUT2D eigenvalue weighted by molar-refractivity contribution is -0.129. The van der Waals surface area contributed by atoms with Crippen molar-refractivity contribution in [1.82, 2.24) is 20.5 Å². The van der Waals surface area contributed by atoms with Gasteiger partial charge in [0.2, 0.25) is 11.8 Å². The Hall–Kier alpha value is -2.87. The fourth-order valence-corrected chi connectivity index (χ4v) is 5.93. The van der Waals surface area contributed by atoms with E-state index in [-0.39, 0.29) is 47.3 Å². The molecule has 1 saturated carbocycles. The highest BCUT2D eigenvalue weighted by atomic mass is 35.5. The fourth-order valence-electron chi connectivity index (χ4n) is 5.76. The molecule has 2 saturated heterocycles. The number of nitrogens with one attached hydrogen (secondary N) is 3. The van der Waals surface area contributed by atoms with Crippen LogP contribution in [-0.2, 0) is 14.4 Å². The number of amides is 3. The van der Waals surface area contributed by atoms with Gasteiger partial charge < -0.3 is 25.3 Å². The van der Waals surface area contributed by atoms with Gasteiger partial charge in [-0.3, -0.25) is 14.4 Å². The van der Waals surface area contributed by atoms with E-state index in [2.05, 4.69) is 29.5 Å². The number of hydrogen-bond donors (Lipinski definition) is 3. The van der Waals surface area contributed by atoms with Crippen LogP contribution in [-0.4, -0.2) is 59.1 Å². The van der Waals surface area contributed by atoms with Crippen LogP contribution in [0.5, 0.6) is 0 Å². The predicted octanol–water partition coefficient (Wildman–Crippen LogP) is 2.13. The van der Waals surface area contributed by atoms with Crippen LogP contribution in [0.25, 0.3) is 10.9 Å². The number of aromatic nitrogens is 1. The summed E-state index contributed by atoms with van der Waals surface area (Å²) in [5, 5.41) is 7.00. The molecule has 2 aromatic rings. The van der Waals surface area contributed by atoms with Crippen LogP contribution in [0.2, 0.25) is 5.02 Å². The molecule has 0 radical (unpaired) electrons. The number of nitrogens with zero attached hydrogens (tertiary/aromatic N) is 1. The zero-order chi connectivity index (χ0) is 23.5. The molecule has 1 aliphatic carbocycles. The van der Waals surface area contributed by atoms with Gasteiger partial charge in [0.1, 0.15) is 18.0 Å². The normalized spacial score (nSPS) is 28.3. The SMILES string of the molecule is CC1(C)[C@@H]2[C@@H](C(=O)N[C@H](C=O)C[C@@H]3CCNC3=O)N(C(=O)c3cc4ccc(Cl)cc4[nH]3)C[C@@H]21. The highest BCUT2D eigenvalue weighted by molar-refractivity contribution is 6.31. The Labute approximate surface area is 196 Å². The predicted molar refractivity (Wildman–Crippen MR) is 123 cm³/mol. The van der Waals surface area contributed by atoms with E-state index in [0.717, 1.165) is 10.9 Å². The lowest BCUT2D eigenvalue weighted by Gasteiger charge is -2.30. The van der Waals surface area contributed by atoms with Gasteiger partial charge in [-0.15, -0.1) is 0 Å². The maximum absolute atomic E-state index is 13.4. The van der Waals surface area contributed by atoms with Crippen LogP contribution in [0, 0.1) is 23.2 Å². The second kappa shape index (κ2) is 7.87. The molecule has 5 rings (SSSR count). The standard InChI is InChI=1S/C24H27ClN4O4/c1-24(2)16-10-29(23(33)18-8-12-3-4-14(25)9-17(12)28-18)20(19(16)24)22(32)27-15(11-30)7-13-5-6-26-21(13)31/h3-4,8-9,11,13,15-16,19-20,28H,5-7,10H2,1-2H3,(H,26,31)(H,27,32)/t13-,15-,16-,19-,20-/m0/s1. The number of carbonyl (C=O) groups is 4. The lowest BCUT2D eigenvalue weighted by Crippen LogP contribution is -2.52. The van der Waals surface area contributed by atoms with Gasteiger partial charge in [0.15, 0.2) is 0 Å². The number of aldehydes is 1. The molecule has 0 bridgehead atoms. The molecule has 3 amide bonds. The smallest absolute Gasteiger partial charge is 0.271 e. The van der Waals surface area contributed by atoms with Crippen molar-refractivity contribution in [3.63, 3.8) is 0 Å². The zero-order valence-corrected chi connectivity index (χ0v) is 19.3. The van der Waals surface area contributed by atoms with E-state index in [4.69, 9.17) is 11.6 Å². The fraction of sp³-hybridized carbons (Fsp3) is 0.500. The first kappa shape index (κ1) is 21.9. The van der Waals surface area contributed by atoms with Gasteiger partial charge in [0, 0.05) is 34.9 Å². The minimum absolute atomic E-state index is 0.0300. The summed E-state index contributed by atoms with van der Waals surface area (Å²) in [4.78, 5) is 55.1. The molecule has 3 N–H and O–H groups in total. The molecular weight excluding hydrogens is 444 g/mol. The molecule has 1 aromatic heterocycles. The first-order chi connectivity index (χ1) is 15.7. The number of aromatic amines is 1. The summed E-state index contributed by atoms with van der Waals surface area (Å²) in [5.41, 5.74) is 1.11. The minimum atomic E-state index is -0.764. The molecule has 0 unspecified atom stereocenters. The van der Waals surface area contributed by atoms with Gasteiger partial charge >= 0.3 is 0 Å². The molecule has 33 heavy (non-hydrogen) atoms. The largest absolute Gasteiger partial charge is 0.356 e. The molecule has 8 nitrogen and oxygen atoms in total. The Morgan fingerprint density at radius 2 is 2.12 bits per heavy atom. The van der Waals surface area contributed by atoms with Crippen molar-refractivity contribution in [2.24, 2.45) is 23.2 Å². The second-order valence-corrected chi connectivity index (χ2v) is 10.5. The van der Waals surface area contributed by atoms with Gasteiger partial charge in [0.25, 0.3) is 5.91 Å². The summed E-state index contributed by atoms with van der Waals surface area (Å²) in [6.07, 6.45) is 1.60. The molecule has 0 spiro atoms. The summed E-state index contributed by atoms with van der Waals surface area (Å²) in [6, 6.07) is 5.71. The number of hydrogen-bond acceptors (Lipinski definition) is 4. The third-order valence-electron chi connectivity index (χ3n) is 7.75. The van der Waals surface area contributed by atoms with Crippen LogP contribution < -0.4 is 10.6 Å². The van der Waals surface area contributed by atoms with E-state index in [9.17, 15) is 19.2 Å². The number of carbonyl (C=O) groups excluding carboxylic acids is 4. The maximum Gasteiger partial charge on any atom is 0.271 e. The van der Waals surface area contributed by atoms with Gasteiger partial charge in [0.05, 0.1) is 6.04 Å². The van der Waals surface area contributed by atoms with Crippen molar-refractivity contribution in [2.75, 3.05) is 13.1 Å². The van der Waals surface area contributed by atoms with Crippen molar-refractivity contribution in [3.8, 4) is 0 Å². The Bertz CT molecular complexity index is 1160. The van der Waals surface area contributed by atoms with Crippen LogP contribution >= 0.6 is 11.6 Å². The highest BCUT2D eigenvalue weighted by Gasteiger charge is 2.69. The van der Waals surface area contributed by atoms with Crippen molar-refractivity contribution in [3.05, 3.63) is 35.0 Å². The van der Waals surface area contributed by atoms with E-state index in [1.165, 1.54) is 0 Å². The first-order valence-corrected chi connectivity index (χ1v) is 11.7. The molecule has 9 heteroatoms. The Kier molecular flexibility index (Phi) is 5.23. The van der Waals surface area contributed by atoms with Crippen molar-refractivity contribution >= 4 is 46.5 Å². The molecule has 2 aliphatic heterocycles. The summed E-state index contributed by atoms with van der Waals surface area (Å²) in [7, 11) is 0. The Balaban J connectivity index is 1.36. The molecule has 1 aromatic carbocycles. The Morgan fingerprint density at radius 1 is 1.33 bits per heavy atom. The van der Waals surface area contributed by atoms with Crippen molar-refractivity contribution in [1.29, 1.82) is 0 Å². The first-order valence-electron chi connectivity index (χ1n) is 11.3. The highest BCUT2D eigenvalue weighted by Crippen LogP contribution is 2.65. The van der Waals surface area contributed by atoms with E-state index in [1.807, 2.05) is 6.07 Å². The van der Waals surface area contributed by atoms with E-state index in [0.29, 0.717) is 36.5 Å². The summed E-state index contributed by atoms with van der Waals surface area (Å²) >= 11 is 6.07. The van der Waals surface area contributed by atoms with Gasteiger partial charge in [-0.1, -0.05) is 31.5 Å². The summed E-state index contributed by atoms with van der Waals surface area (Å²) in [5.74, 6) is -0.700. The summed E-state index contributed by atoms with van der Waals surface area (Å²) in [6.45, 7) is 5.29. The average molecular weight is 471 g/mol. The molecular formula is C24H27ClN4O4. The number of benzene rings is 1. The van der Waals surface area contributed by atoms with Gasteiger partial charge in [-0.2, -0.15) is 0 Å². The molecule has 3 heterocycles.